The Hall–Kier alpha value is -5.00. The van der Waals surface area contributed by atoms with E-state index in [1.807, 2.05) is 65.6 Å². The van der Waals surface area contributed by atoms with Crippen LogP contribution in [0.25, 0.3) is 11.2 Å². The zero-order valence-corrected chi connectivity index (χ0v) is 28.7. The molecule has 4 N–H and O–H groups in total. The number of imidazole rings is 1. The summed E-state index contributed by atoms with van der Waals surface area (Å²) in [6.45, 7) is 5.59. The molecule has 2 aliphatic rings. The Bertz CT molecular complexity index is 1820. The van der Waals surface area contributed by atoms with Crippen LogP contribution in [0.15, 0.2) is 67.0 Å². The van der Waals surface area contributed by atoms with Gasteiger partial charge in [-0.2, -0.15) is 23.1 Å². The second-order valence-corrected chi connectivity index (χ2v) is 13.7. The molecule has 2 aromatic carbocycles. The van der Waals surface area contributed by atoms with E-state index < -0.39 is 55.0 Å². The van der Waals surface area contributed by atoms with Gasteiger partial charge in [-0.3, -0.25) is 4.57 Å². The Morgan fingerprint density at radius 3 is 2.27 bits per heavy atom. The van der Waals surface area contributed by atoms with E-state index in [0.29, 0.717) is 37.4 Å². The fourth-order valence-corrected chi connectivity index (χ4v) is 6.22. The number of nitrogens with one attached hydrogen (secondary N) is 2. The van der Waals surface area contributed by atoms with Crippen LogP contribution in [0.5, 0.6) is 0 Å². The fraction of sp³-hybridized carbons (Fsp3) is 0.457. The molecule has 0 spiro atoms. The second-order valence-electron chi connectivity index (χ2n) is 13.7. The molecule has 2 saturated heterocycles. The van der Waals surface area contributed by atoms with Crippen LogP contribution >= 0.6 is 0 Å². The van der Waals surface area contributed by atoms with E-state index in [0.717, 1.165) is 11.1 Å². The lowest BCUT2D eigenvalue weighted by Gasteiger charge is -2.23. The highest BCUT2D eigenvalue weighted by molar-refractivity contribution is 5.84. The number of hydrogen-bond acceptors (Lipinski definition) is 12. The average molecular weight is 728 g/mol. The molecule has 0 saturated carbocycles. The number of alkyl halides is 3. The maximum atomic E-state index is 12.7. The molecule has 17 heteroatoms. The highest BCUT2D eigenvalue weighted by Gasteiger charge is 2.47. The van der Waals surface area contributed by atoms with Gasteiger partial charge in [-0.05, 0) is 38.3 Å². The summed E-state index contributed by atoms with van der Waals surface area (Å²) in [7, 11) is 0. The minimum atomic E-state index is -5.24. The number of hydrogen-bond donors (Lipinski definition) is 4. The highest BCUT2D eigenvalue weighted by Crippen LogP contribution is 2.35. The normalized spacial score (nSPS) is 22.2. The quantitative estimate of drug-likeness (QED) is 0.174. The van der Waals surface area contributed by atoms with Gasteiger partial charge in [0, 0.05) is 25.6 Å². The van der Waals surface area contributed by atoms with E-state index >= 15 is 0 Å². The number of benzene rings is 2. The van der Waals surface area contributed by atoms with Crippen LogP contribution in [0, 0.1) is 0 Å². The monoisotopic (exact) mass is 727 g/mol. The van der Waals surface area contributed by atoms with Crippen LogP contribution in [0.3, 0.4) is 0 Å². The van der Waals surface area contributed by atoms with Crippen LogP contribution in [0.4, 0.5) is 29.7 Å². The van der Waals surface area contributed by atoms with Gasteiger partial charge in [0.05, 0.1) is 12.4 Å². The van der Waals surface area contributed by atoms with Crippen LogP contribution in [-0.2, 0) is 19.0 Å². The third-order valence-electron chi connectivity index (χ3n) is 8.70. The number of amides is 1. The highest BCUT2D eigenvalue weighted by atomic mass is 19.4. The van der Waals surface area contributed by atoms with Crippen molar-refractivity contribution >= 4 is 35.0 Å². The summed E-state index contributed by atoms with van der Waals surface area (Å²) in [6.07, 6.45) is -10.1. The average Bonchev–Trinajstić information content (AvgIpc) is 3.81. The molecular formula is C35H40F3N7O7. The van der Waals surface area contributed by atoms with Gasteiger partial charge in [-0.25, -0.2) is 14.6 Å². The number of halogens is 3. The first kappa shape index (κ1) is 36.8. The van der Waals surface area contributed by atoms with Gasteiger partial charge in [-0.1, -0.05) is 60.7 Å². The van der Waals surface area contributed by atoms with E-state index in [4.69, 9.17) is 19.4 Å². The molecule has 4 heterocycles. The third kappa shape index (κ3) is 8.37. The maximum Gasteiger partial charge on any atom is 0.490 e. The van der Waals surface area contributed by atoms with E-state index in [9.17, 15) is 33.0 Å². The number of aromatic nitrogens is 4. The largest absolute Gasteiger partial charge is 0.490 e. The van der Waals surface area contributed by atoms with Crippen LogP contribution in [-0.4, -0.2) is 104 Å². The number of aliphatic hydroxyl groups excluding tert-OH is 2. The third-order valence-corrected chi connectivity index (χ3v) is 8.70. The number of fused-ring (bicyclic) bond motifs is 1. The van der Waals surface area contributed by atoms with Gasteiger partial charge in [0.25, 0.3) is 0 Å². The Morgan fingerprint density at radius 1 is 1.00 bits per heavy atom. The first-order chi connectivity index (χ1) is 24.7. The number of esters is 1. The maximum absolute atomic E-state index is 12.7. The molecule has 0 bridgehead atoms. The molecule has 2 fully saturated rings. The summed E-state index contributed by atoms with van der Waals surface area (Å²) in [5, 5.41) is 27.9. The molecule has 0 unspecified atom stereocenters. The molecule has 0 aliphatic carbocycles. The van der Waals surface area contributed by atoms with Gasteiger partial charge in [0.15, 0.2) is 23.2 Å². The van der Waals surface area contributed by atoms with Crippen LogP contribution < -0.4 is 15.5 Å². The lowest BCUT2D eigenvalue weighted by molar-refractivity contribution is -0.203. The predicted molar refractivity (Wildman–Crippen MR) is 181 cm³/mol. The van der Waals surface area contributed by atoms with Crippen molar-refractivity contribution < 1.29 is 47.2 Å². The Labute approximate surface area is 296 Å². The molecule has 1 amide bonds. The number of alkyl carbamates (subject to hydrolysis) is 1. The Morgan fingerprint density at radius 2 is 1.65 bits per heavy atom. The van der Waals surface area contributed by atoms with Crippen molar-refractivity contribution in [2.45, 2.75) is 75.5 Å². The predicted octanol–water partition coefficient (Wildman–Crippen LogP) is 3.90. The van der Waals surface area contributed by atoms with Crippen molar-refractivity contribution in [1.29, 1.82) is 0 Å². The lowest BCUT2D eigenvalue weighted by atomic mass is 9.91. The first-order valence-corrected chi connectivity index (χ1v) is 16.8. The van der Waals surface area contributed by atoms with Gasteiger partial charge >= 0.3 is 18.2 Å². The molecule has 278 valence electrons. The Balaban J connectivity index is 1.31. The molecule has 2 aliphatic heterocycles. The summed E-state index contributed by atoms with van der Waals surface area (Å²) in [5.74, 6) is -1.92. The van der Waals surface area contributed by atoms with Gasteiger partial charge in [-0.15, -0.1) is 0 Å². The van der Waals surface area contributed by atoms with Gasteiger partial charge < -0.3 is 40.0 Å². The summed E-state index contributed by atoms with van der Waals surface area (Å²) in [6, 6.07) is 19.6. The van der Waals surface area contributed by atoms with E-state index in [1.165, 1.54) is 10.9 Å². The minimum Gasteiger partial charge on any atom is -0.456 e. The number of carbonyl (C=O) groups excluding carboxylic acids is 2. The van der Waals surface area contributed by atoms with Crippen molar-refractivity contribution in [2.24, 2.45) is 0 Å². The summed E-state index contributed by atoms with van der Waals surface area (Å²) in [4.78, 5) is 39.8. The van der Waals surface area contributed by atoms with Crippen molar-refractivity contribution in [2.75, 3.05) is 36.5 Å². The van der Waals surface area contributed by atoms with Crippen LogP contribution in [0.2, 0.25) is 0 Å². The van der Waals surface area contributed by atoms with Crippen molar-refractivity contribution in [3.8, 4) is 0 Å². The molecule has 5 atom stereocenters. The molecular weight excluding hydrogens is 687 g/mol. The van der Waals surface area contributed by atoms with Gasteiger partial charge in [0.1, 0.15) is 30.5 Å². The molecule has 2 aromatic heterocycles. The van der Waals surface area contributed by atoms with Crippen molar-refractivity contribution in [1.82, 2.24) is 24.8 Å². The SMILES string of the molecule is CC(C)(C)OC(=O)N[C@H]1CCN(c2nc(NCC(c3ccccc3)c3ccccc3)c3ncn([C@@H]4O[C@H](COC(=O)C(F)(F)F)[C@@H](O)[C@H]4O)c3n2)C1. The summed E-state index contributed by atoms with van der Waals surface area (Å²) in [5.41, 5.74) is 1.93. The molecule has 4 aromatic rings. The van der Waals surface area contributed by atoms with Crippen molar-refractivity contribution in [3.63, 3.8) is 0 Å². The van der Waals surface area contributed by atoms with E-state index in [1.54, 1.807) is 20.8 Å². The molecule has 52 heavy (non-hydrogen) atoms. The zero-order chi connectivity index (χ0) is 37.2. The minimum absolute atomic E-state index is 0.0950. The summed E-state index contributed by atoms with van der Waals surface area (Å²) >= 11 is 0. The number of rotatable bonds is 10. The topological polar surface area (TPSA) is 173 Å². The number of aliphatic hydroxyl groups is 2. The molecule has 0 radical (unpaired) electrons. The summed E-state index contributed by atoms with van der Waals surface area (Å²) < 4.78 is 55.0. The number of nitrogens with zero attached hydrogens (tertiary/aromatic N) is 5. The Kier molecular flexibility index (Phi) is 10.6. The molecule has 14 nitrogen and oxygen atoms in total. The number of carbonyl (C=O) groups is 2. The first-order valence-electron chi connectivity index (χ1n) is 16.8. The molecule has 6 rings (SSSR count). The van der Waals surface area contributed by atoms with Gasteiger partial charge in [0.2, 0.25) is 5.95 Å². The zero-order valence-electron chi connectivity index (χ0n) is 28.7. The standard InChI is InChI=1S/C35H40F3N7O7/c1-34(2,3)52-33(49)41-22-14-15-44(17-22)32-42-28(39-16-23(20-10-6-4-7-11-20)21-12-8-5-9-13-21)25-29(43-32)45(19-40-25)30-27(47)26(46)24(51-30)18-50-31(48)35(36,37)38/h4-13,19,22-24,26-27,30,46-47H,14-18H2,1-3H3,(H,41,49)(H,39,42,43)/t22-,24+,26+,27+,30+/m0/s1. The van der Waals surface area contributed by atoms with E-state index in [-0.39, 0.29) is 23.6 Å². The second kappa shape index (κ2) is 14.9. The van der Waals surface area contributed by atoms with Crippen molar-refractivity contribution in [3.05, 3.63) is 78.1 Å². The number of ether oxygens (including phenoxy) is 3. The number of anilines is 2. The van der Waals surface area contributed by atoms with E-state index in [2.05, 4.69) is 20.4 Å². The fourth-order valence-electron chi connectivity index (χ4n) is 6.22. The van der Waals surface area contributed by atoms with Crippen LogP contribution in [0.1, 0.15) is 50.5 Å². The lowest BCUT2D eigenvalue weighted by Crippen LogP contribution is -2.40. The smallest absolute Gasteiger partial charge is 0.456 e.